The standard InChI is InChI=1S/C41H46N4O6/c1-40(2,3)27-41(4,5)42-38-22-39(50-34-18-10-30(11-19-34)28-6-14-32(15-7-28)46-23-36-25-48-36)44-45(43-38)51-35-20-12-31(13-21-35)29-8-16-33(17-9-29)47-24-37-26-49-37/h6-22,36-37,44H,23-27H2,1-5H3,(H,42,43). The minimum atomic E-state index is -0.340. The summed E-state index contributed by atoms with van der Waals surface area (Å²) in [6.45, 7) is 13.7. The fraction of sp³-hybridized carbons (Fsp3) is 0.341. The maximum Gasteiger partial charge on any atom is 0.215 e. The topological polar surface area (TPSA) is 102 Å². The van der Waals surface area contributed by atoms with Crippen molar-refractivity contribution in [1.29, 1.82) is 0 Å². The zero-order valence-corrected chi connectivity index (χ0v) is 29.8. The molecule has 2 atom stereocenters. The molecule has 0 bridgehead atoms. The molecule has 0 radical (unpaired) electrons. The third kappa shape index (κ3) is 10.3. The van der Waals surface area contributed by atoms with E-state index in [4.69, 9.17) is 33.5 Å². The van der Waals surface area contributed by atoms with E-state index in [9.17, 15) is 0 Å². The number of nitrogens with one attached hydrogen (secondary N) is 2. The normalized spacial score (nSPS) is 19.4. The first kappa shape index (κ1) is 34.4. The summed E-state index contributed by atoms with van der Waals surface area (Å²) >= 11 is 0. The van der Waals surface area contributed by atoms with Crippen LogP contribution in [0, 0.1) is 5.41 Å². The average molecular weight is 691 g/mol. The number of rotatable bonds is 14. The van der Waals surface area contributed by atoms with Crippen molar-refractivity contribution in [3.8, 4) is 45.3 Å². The van der Waals surface area contributed by atoms with Gasteiger partial charge < -0.3 is 28.5 Å². The van der Waals surface area contributed by atoms with E-state index >= 15 is 0 Å². The second-order valence-electron chi connectivity index (χ2n) is 14.9. The average Bonchev–Trinajstić information content (AvgIpc) is 4.03. The molecule has 3 aliphatic heterocycles. The van der Waals surface area contributed by atoms with Gasteiger partial charge in [0.05, 0.1) is 18.8 Å². The van der Waals surface area contributed by atoms with E-state index in [0.29, 0.717) is 36.4 Å². The molecule has 10 nitrogen and oxygen atoms in total. The lowest BCUT2D eigenvalue weighted by atomic mass is 9.82. The number of benzene rings is 4. The minimum absolute atomic E-state index is 0.0982. The van der Waals surface area contributed by atoms with Crippen molar-refractivity contribution in [1.82, 2.24) is 16.1 Å². The van der Waals surface area contributed by atoms with Crippen LogP contribution in [0.2, 0.25) is 0 Å². The van der Waals surface area contributed by atoms with E-state index in [-0.39, 0.29) is 23.2 Å². The monoisotopic (exact) mass is 690 g/mol. The van der Waals surface area contributed by atoms with Gasteiger partial charge in [0, 0.05) is 11.4 Å². The highest BCUT2D eigenvalue weighted by molar-refractivity contribution is 5.93. The molecule has 0 amide bonds. The van der Waals surface area contributed by atoms with Gasteiger partial charge in [-0.3, -0.25) is 10.4 Å². The Balaban J connectivity index is 1.02. The SMILES string of the molecule is CC(C)(C)CC(C)(C)N=C1C=C(Oc2ccc(-c3ccc(OCC4CO4)cc3)cc2)NN(Oc2ccc(-c3ccc(OCC4CO4)cc3)cc2)N1. The van der Waals surface area contributed by atoms with Gasteiger partial charge in [-0.2, -0.15) is 0 Å². The molecule has 2 N–H and O–H groups in total. The van der Waals surface area contributed by atoms with E-state index in [1.807, 2.05) is 91.0 Å². The van der Waals surface area contributed by atoms with E-state index in [1.165, 1.54) is 5.28 Å². The third-order valence-electron chi connectivity index (χ3n) is 8.27. The first-order valence-corrected chi connectivity index (χ1v) is 17.4. The first-order chi connectivity index (χ1) is 24.5. The second-order valence-corrected chi connectivity index (χ2v) is 14.9. The van der Waals surface area contributed by atoms with Crippen LogP contribution in [0.5, 0.6) is 23.0 Å². The number of nitrogens with zero attached hydrogens (tertiary/aromatic N) is 2. The highest BCUT2D eigenvalue weighted by Crippen LogP contribution is 2.31. The molecule has 0 saturated carbocycles. The number of epoxide rings is 2. The van der Waals surface area contributed by atoms with Crippen LogP contribution in [0.15, 0.2) is 114 Å². The lowest BCUT2D eigenvalue weighted by Crippen LogP contribution is -2.56. The molecule has 266 valence electrons. The van der Waals surface area contributed by atoms with E-state index in [1.54, 1.807) is 0 Å². The van der Waals surface area contributed by atoms with Gasteiger partial charge in [0.2, 0.25) is 5.88 Å². The summed E-state index contributed by atoms with van der Waals surface area (Å²) in [5.74, 6) is 4.02. The Morgan fingerprint density at radius 3 is 1.49 bits per heavy atom. The molecule has 2 unspecified atom stereocenters. The summed E-state index contributed by atoms with van der Waals surface area (Å²) in [5.41, 5.74) is 10.5. The van der Waals surface area contributed by atoms with Crippen LogP contribution in [0.3, 0.4) is 0 Å². The van der Waals surface area contributed by atoms with Crippen molar-refractivity contribution in [2.24, 2.45) is 10.4 Å². The largest absolute Gasteiger partial charge is 0.491 e. The number of amidine groups is 1. The molecule has 0 spiro atoms. The summed E-state index contributed by atoms with van der Waals surface area (Å²) in [7, 11) is 0. The molecule has 51 heavy (non-hydrogen) atoms. The quantitative estimate of drug-likeness (QED) is 0.129. The van der Waals surface area contributed by atoms with Crippen LogP contribution in [0.4, 0.5) is 0 Å². The number of aliphatic imine (C=N–C) groups is 1. The highest BCUT2D eigenvalue weighted by Gasteiger charge is 2.28. The Morgan fingerprint density at radius 2 is 1.06 bits per heavy atom. The number of ether oxygens (including phenoxy) is 5. The van der Waals surface area contributed by atoms with Crippen molar-refractivity contribution in [3.63, 3.8) is 0 Å². The number of hydrogen-bond donors (Lipinski definition) is 2. The van der Waals surface area contributed by atoms with E-state index < -0.39 is 0 Å². The Labute approximate surface area is 299 Å². The summed E-state index contributed by atoms with van der Waals surface area (Å²) in [6.07, 6.45) is 3.19. The van der Waals surface area contributed by atoms with E-state index in [0.717, 1.165) is 53.4 Å². The fourth-order valence-corrected chi connectivity index (χ4v) is 6.09. The van der Waals surface area contributed by atoms with Crippen LogP contribution in [0.25, 0.3) is 22.3 Å². The van der Waals surface area contributed by atoms with Gasteiger partial charge in [0.1, 0.15) is 48.5 Å². The molecular formula is C41H46N4O6. The number of hydrazine groups is 2. The second kappa shape index (κ2) is 14.7. The molecule has 3 heterocycles. The van der Waals surface area contributed by atoms with Crippen molar-refractivity contribution < 1.29 is 28.5 Å². The first-order valence-electron chi connectivity index (χ1n) is 17.4. The molecule has 2 fully saturated rings. The summed E-state index contributed by atoms with van der Waals surface area (Å²) in [5, 5.41) is 1.42. The predicted molar refractivity (Wildman–Crippen MR) is 197 cm³/mol. The van der Waals surface area contributed by atoms with Crippen molar-refractivity contribution in [2.75, 3.05) is 26.4 Å². The fourth-order valence-electron chi connectivity index (χ4n) is 6.09. The molecule has 0 aromatic heterocycles. The van der Waals surface area contributed by atoms with Crippen LogP contribution < -0.4 is 29.9 Å². The Morgan fingerprint density at radius 1 is 0.627 bits per heavy atom. The number of hydrogen-bond acceptors (Lipinski definition) is 9. The smallest absolute Gasteiger partial charge is 0.215 e. The lowest BCUT2D eigenvalue weighted by Gasteiger charge is -2.33. The van der Waals surface area contributed by atoms with E-state index in [2.05, 4.69) is 57.6 Å². The molecule has 10 heteroatoms. The molecular weight excluding hydrogens is 644 g/mol. The predicted octanol–water partition coefficient (Wildman–Crippen LogP) is 7.73. The van der Waals surface area contributed by atoms with Crippen LogP contribution >= 0.6 is 0 Å². The Hall–Kier alpha value is -5.03. The van der Waals surface area contributed by atoms with Crippen LogP contribution in [0.1, 0.15) is 41.0 Å². The Kier molecular flexibility index (Phi) is 9.90. The molecule has 4 aromatic carbocycles. The lowest BCUT2D eigenvalue weighted by molar-refractivity contribution is -0.133. The van der Waals surface area contributed by atoms with Crippen LogP contribution in [-0.4, -0.2) is 55.3 Å². The zero-order chi connectivity index (χ0) is 35.4. The minimum Gasteiger partial charge on any atom is -0.491 e. The van der Waals surface area contributed by atoms with Gasteiger partial charge in [-0.05, 0) is 96.5 Å². The van der Waals surface area contributed by atoms with Gasteiger partial charge in [0.15, 0.2) is 5.75 Å². The summed E-state index contributed by atoms with van der Waals surface area (Å²) in [6, 6.07) is 32.0. The molecule has 4 aromatic rings. The van der Waals surface area contributed by atoms with Gasteiger partial charge >= 0.3 is 0 Å². The third-order valence-corrected chi connectivity index (χ3v) is 8.27. The van der Waals surface area contributed by atoms with Crippen LogP contribution in [-0.2, 0) is 9.47 Å². The molecule has 3 aliphatic rings. The van der Waals surface area contributed by atoms with Gasteiger partial charge in [-0.1, -0.05) is 69.3 Å². The zero-order valence-electron chi connectivity index (χ0n) is 29.8. The molecule has 7 rings (SSSR count). The highest BCUT2D eigenvalue weighted by atomic mass is 16.7. The van der Waals surface area contributed by atoms with Crippen molar-refractivity contribution in [2.45, 2.75) is 58.8 Å². The Bertz CT molecular complexity index is 1820. The molecule has 2 saturated heterocycles. The maximum atomic E-state index is 6.32. The summed E-state index contributed by atoms with van der Waals surface area (Å²) < 4.78 is 28.3. The van der Waals surface area contributed by atoms with Gasteiger partial charge in [0.25, 0.3) is 0 Å². The van der Waals surface area contributed by atoms with Crippen molar-refractivity contribution >= 4 is 5.84 Å². The maximum absolute atomic E-state index is 6.32. The molecule has 0 aliphatic carbocycles. The van der Waals surface area contributed by atoms with Gasteiger partial charge in [-0.25, -0.2) is 5.43 Å². The van der Waals surface area contributed by atoms with Gasteiger partial charge in [-0.15, -0.1) is 0 Å². The van der Waals surface area contributed by atoms with Crippen molar-refractivity contribution in [3.05, 3.63) is 109 Å². The summed E-state index contributed by atoms with van der Waals surface area (Å²) in [4.78, 5) is 11.3.